The maximum Gasteiger partial charge on any atom is 0.416 e. The molecule has 1 aromatic rings. The summed E-state index contributed by atoms with van der Waals surface area (Å²) in [7, 11) is -3.44. The van der Waals surface area contributed by atoms with E-state index < -0.39 is 50.8 Å². The van der Waals surface area contributed by atoms with Gasteiger partial charge in [-0.15, -0.1) is 0 Å². The van der Waals surface area contributed by atoms with Gasteiger partial charge in [0.2, 0.25) is 10.0 Å². The van der Waals surface area contributed by atoms with E-state index in [-0.39, 0.29) is 0 Å². The number of carboxylic acid groups (broad SMARTS) is 1. The van der Waals surface area contributed by atoms with Crippen molar-refractivity contribution in [1.29, 1.82) is 0 Å². The van der Waals surface area contributed by atoms with Gasteiger partial charge in [-0.05, 0) is 18.2 Å². The number of carboxylic acids is 1. The molecule has 0 saturated heterocycles. The fourth-order valence-corrected chi connectivity index (χ4v) is 2.99. The second-order valence-corrected chi connectivity index (χ2v) is 6.72. The predicted molar refractivity (Wildman–Crippen MR) is 69.7 cm³/mol. The lowest BCUT2D eigenvalue weighted by atomic mass is 10.2. The van der Waals surface area contributed by atoms with Crippen molar-refractivity contribution < 1.29 is 36.6 Å². The van der Waals surface area contributed by atoms with Gasteiger partial charge in [-0.1, -0.05) is 6.92 Å². The summed E-state index contributed by atoms with van der Waals surface area (Å²) in [4.78, 5) is 9.80. The molecule has 124 valence electrons. The van der Waals surface area contributed by atoms with Crippen LogP contribution in [0.15, 0.2) is 23.1 Å². The monoisotopic (exact) mass is 341 g/mol. The SMILES string of the molecule is CC(CN(C)S(=O)(=O)c1cc(C(F)(F)F)ccc1O)C(=O)O. The van der Waals surface area contributed by atoms with Crippen molar-refractivity contribution in [2.24, 2.45) is 5.92 Å². The first-order valence-electron chi connectivity index (χ1n) is 5.96. The van der Waals surface area contributed by atoms with Crippen molar-refractivity contribution in [2.75, 3.05) is 13.6 Å². The van der Waals surface area contributed by atoms with Gasteiger partial charge in [-0.25, -0.2) is 8.42 Å². The zero-order valence-electron chi connectivity index (χ0n) is 11.6. The maximum absolute atomic E-state index is 12.6. The van der Waals surface area contributed by atoms with Gasteiger partial charge in [0.25, 0.3) is 0 Å². The molecule has 0 bridgehead atoms. The van der Waals surface area contributed by atoms with Crippen LogP contribution in [0.3, 0.4) is 0 Å². The third kappa shape index (κ3) is 3.89. The summed E-state index contributed by atoms with van der Waals surface area (Å²) in [6.45, 7) is 0.799. The second-order valence-electron chi connectivity index (χ2n) is 4.71. The molecule has 0 aromatic heterocycles. The molecule has 22 heavy (non-hydrogen) atoms. The minimum Gasteiger partial charge on any atom is -0.507 e. The number of aliphatic carboxylic acids is 1. The van der Waals surface area contributed by atoms with E-state index in [9.17, 15) is 31.5 Å². The lowest BCUT2D eigenvalue weighted by Crippen LogP contribution is -2.33. The van der Waals surface area contributed by atoms with Crippen LogP contribution >= 0.6 is 0 Å². The Kier molecular flexibility index (Phi) is 5.08. The molecule has 1 unspecified atom stereocenters. The number of alkyl halides is 3. The highest BCUT2D eigenvalue weighted by atomic mass is 32.2. The van der Waals surface area contributed by atoms with Gasteiger partial charge in [-0.3, -0.25) is 4.79 Å². The van der Waals surface area contributed by atoms with Crippen molar-refractivity contribution >= 4 is 16.0 Å². The molecule has 0 spiro atoms. The average Bonchev–Trinajstić information content (AvgIpc) is 2.37. The Balaban J connectivity index is 3.25. The first kappa shape index (κ1) is 18.2. The van der Waals surface area contributed by atoms with Gasteiger partial charge >= 0.3 is 12.1 Å². The van der Waals surface area contributed by atoms with Crippen LogP contribution in [0.2, 0.25) is 0 Å². The molecule has 1 rings (SSSR count). The molecule has 10 heteroatoms. The van der Waals surface area contributed by atoms with Crippen LogP contribution in [0.4, 0.5) is 13.2 Å². The Hall–Kier alpha value is -1.81. The Morgan fingerprint density at radius 2 is 1.91 bits per heavy atom. The Morgan fingerprint density at radius 1 is 1.36 bits per heavy atom. The predicted octanol–water partition coefficient (Wildman–Crippen LogP) is 1.75. The van der Waals surface area contributed by atoms with E-state index >= 15 is 0 Å². The summed E-state index contributed by atoms with van der Waals surface area (Å²) < 4.78 is 62.9. The number of nitrogens with zero attached hydrogens (tertiary/aromatic N) is 1. The van der Waals surface area contributed by atoms with Crippen LogP contribution in [0.1, 0.15) is 12.5 Å². The Labute approximate surface area is 124 Å². The molecular weight excluding hydrogens is 327 g/mol. The number of phenols is 1. The van der Waals surface area contributed by atoms with Gasteiger partial charge in [0.15, 0.2) is 0 Å². The summed E-state index contributed by atoms with van der Waals surface area (Å²) in [5, 5.41) is 18.3. The van der Waals surface area contributed by atoms with Crippen LogP contribution < -0.4 is 0 Å². The molecule has 2 N–H and O–H groups in total. The Bertz CT molecular complexity index is 672. The molecule has 0 radical (unpaired) electrons. The molecule has 0 fully saturated rings. The molecule has 0 aliphatic heterocycles. The number of halogens is 3. The molecule has 0 aliphatic carbocycles. The van der Waals surface area contributed by atoms with E-state index in [4.69, 9.17) is 5.11 Å². The lowest BCUT2D eigenvalue weighted by Gasteiger charge is -2.20. The van der Waals surface area contributed by atoms with Crippen LogP contribution in [-0.4, -0.2) is 42.5 Å². The fourth-order valence-electron chi connectivity index (χ4n) is 1.63. The third-order valence-electron chi connectivity index (χ3n) is 2.93. The first-order chi connectivity index (χ1) is 9.87. The highest BCUT2D eigenvalue weighted by molar-refractivity contribution is 7.89. The van der Waals surface area contributed by atoms with Gasteiger partial charge in [0.1, 0.15) is 10.6 Å². The minimum atomic E-state index is -4.77. The van der Waals surface area contributed by atoms with Gasteiger partial charge in [-0.2, -0.15) is 17.5 Å². The normalized spacial score (nSPS) is 14.1. The summed E-state index contributed by atoms with van der Waals surface area (Å²) in [5.74, 6) is -3.16. The molecule has 0 heterocycles. The largest absolute Gasteiger partial charge is 0.507 e. The van der Waals surface area contributed by atoms with Crippen molar-refractivity contribution in [3.05, 3.63) is 23.8 Å². The number of hydrogen-bond donors (Lipinski definition) is 2. The number of hydrogen-bond acceptors (Lipinski definition) is 4. The highest BCUT2D eigenvalue weighted by Crippen LogP contribution is 2.34. The maximum atomic E-state index is 12.6. The van der Waals surface area contributed by atoms with E-state index in [0.29, 0.717) is 22.5 Å². The second kappa shape index (κ2) is 6.13. The van der Waals surface area contributed by atoms with Crippen LogP contribution in [0.25, 0.3) is 0 Å². The minimum absolute atomic E-state index is 0.312. The zero-order chi connectivity index (χ0) is 17.3. The summed E-state index contributed by atoms with van der Waals surface area (Å²) in [5.41, 5.74) is -1.23. The number of benzene rings is 1. The van der Waals surface area contributed by atoms with E-state index in [1.807, 2.05) is 0 Å². The molecule has 1 atom stereocenters. The highest BCUT2D eigenvalue weighted by Gasteiger charge is 2.34. The molecule has 0 saturated carbocycles. The smallest absolute Gasteiger partial charge is 0.416 e. The number of aromatic hydroxyl groups is 1. The first-order valence-corrected chi connectivity index (χ1v) is 7.40. The topological polar surface area (TPSA) is 94.9 Å². The number of phenolic OH excluding ortho intramolecular Hbond substituents is 1. The summed E-state index contributed by atoms with van der Waals surface area (Å²) in [6, 6.07) is 1.49. The van der Waals surface area contributed by atoms with Crippen LogP contribution in [0, 0.1) is 5.92 Å². The van der Waals surface area contributed by atoms with Crippen LogP contribution in [-0.2, 0) is 21.0 Å². The molecule has 6 nitrogen and oxygen atoms in total. The van der Waals surface area contributed by atoms with E-state index in [2.05, 4.69) is 0 Å². The molecule has 0 aliphatic rings. The average molecular weight is 341 g/mol. The van der Waals surface area contributed by atoms with Gasteiger partial charge in [0, 0.05) is 13.6 Å². The van der Waals surface area contributed by atoms with Crippen molar-refractivity contribution in [2.45, 2.75) is 18.0 Å². The standard InChI is InChI=1S/C12H14F3NO5S/c1-7(11(18)19)6-16(2)22(20,21)10-5-8(12(13,14)15)3-4-9(10)17/h3-5,7,17H,6H2,1-2H3,(H,18,19). The number of sulfonamides is 1. The van der Waals surface area contributed by atoms with Crippen molar-refractivity contribution in [3.8, 4) is 5.75 Å². The number of rotatable bonds is 5. The fraction of sp³-hybridized carbons (Fsp3) is 0.417. The third-order valence-corrected chi connectivity index (χ3v) is 4.78. The van der Waals surface area contributed by atoms with Crippen molar-refractivity contribution in [1.82, 2.24) is 4.31 Å². The van der Waals surface area contributed by atoms with E-state index in [1.165, 1.54) is 6.92 Å². The van der Waals surface area contributed by atoms with Gasteiger partial charge in [0.05, 0.1) is 11.5 Å². The quantitative estimate of drug-likeness (QED) is 0.851. The number of carbonyl (C=O) groups is 1. The van der Waals surface area contributed by atoms with Crippen molar-refractivity contribution in [3.63, 3.8) is 0 Å². The van der Waals surface area contributed by atoms with Gasteiger partial charge < -0.3 is 10.2 Å². The summed E-state index contributed by atoms with van der Waals surface area (Å²) in [6.07, 6.45) is -4.77. The molecular formula is C12H14F3NO5S. The lowest BCUT2D eigenvalue weighted by molar-refractivity contribution is -0.141. The Morgan fingerprint density at radius 3 is 2.36 bits per heavy atom. The van der Waals surface area contributed by atoms with E-state index in [1.54, 1.807) is 0 Å². The zero-order valence-corrected chi connectivity index (χ0v) is 12.4. The van der Waals surface area contributed by atoms with E-state index in [0.717, 1.165) is 7.05 Å². The summed E-state index contributed by atoms with van der Waals surface area (Å²) >= 11 is 0. The van der Waals surface area contributed by atoms with Crippen LogP contribution in [0.5, 0.6) is 5.75 Å². The molecule has 0 amide bonds. The molecule has 1 aromatic carbocycles.